The molecule has 0 radical (unpaired) electrons. The van der Waals surface area contributed by atoms with Crippen LogP contribution < -0.4 is 14.8 Å². The van der Waals surface area contributed by atoms with Crippen molar-refractivity contribution in [3.63, 3.8) is 0 Å². The number of methoxy groups -OCH3 is 2. The summed E-state index contributed by atoms with van der Waals surface area (Å²) in [5, 5.41) is 2.56. The summed E-state index contributed by atoms with van der Waals surface area (Å²) in [5.74, 6) is 0.152. The van der Waals surface area contributed by atoms with Crippen LogP contribution in [0.5, 0.6) is 11.5 Å². The van der Waals surface area contributed by atoms with Gasteiger partial charge in [-0.05, 0) is 24.1 Å². The van der Waals surface area contributed by atoms with Crippen molar-refractivity contribution in [1.29, 1.82) is 0 Å². The lowest BCUT2D eigenvalue weighted by Crippen LogP contribution is -2.52. The highest BCUT2D eigenvalue weighted by Gasteiger charge is 2.38. The van der Waals surface area contributed by atoms with Crippen LogP contribution in [0.15, 0.2) is 47.5 Å². The zero-order valence-electron chi connectivity index (χ0n) is 16.5. The van der Waals surface area contributed by atoms with Crippen molar-refractivity contribution in [1.82, 2.24) is 5.32 Å². The van der Waals surface area contributed by atoms with Crippen LogP contribution in [0, 0.1) is 0 Å². The summed E-state index contributed by atoms with van der Waals surface area (Å²) in [7, 11) is 3.12. The predicted molar refractivity (Wildman–Crippen MR) is 108 cm³/mol. The Labute approximate surface area is 168 Å². The number of ketones is 2. The van der Waals surface area contributed by atoms with E-state index in [9.17, 15) is 14.4 Å². The third kappa shape index (κ3) is 4.18. The van der Waals surface area contributed by atoms with Gasteiger partial charge in [0, 0.05) is 24.6 Å². The van der Waals surface area contributed by atoms with Crippen LogP contribution in [0.1, 0.15) is 33.2 Å². The maximum atomic E-state index is 12.9. The molecule has 150 valence electrons. The molecule has 0 unspecified atom stereocenters. The van der Waals surface area contributed by atoms with Crippen LogP contribution in [0.25, 0.3) is 0 Å². The number of ether oxygens (including phenoxy) is 2. The Hall–Kier alpha value is -3.48. The fourth-order valence-electron chi connectivity index (χ4n) is 3.29. The van der Waals surface area contributed by atoms with Crippen molar-refractivity contribution in [3.05, 3.63) is 59.2 Å². The summed E-state index contributed by atoms with van der Waals surface area (Å²) in [5.41, 5.74) is 1.61. The topological polar surface area (TPSA) is 94.1 Å². The lowest BCUT2D eigenvalue weighted by molar-refractivity contribution is -0.119. The Bertz CT molecular complexity index is 996. The molecule has 0 spiro atoms. The molecule has 2 aromatic rings. The van der Waals surface area contributed by atoms with E-state index >= 15 is 0 Å². The van der Waals surface area contributed by atoms with Crippen molar-refractivity contribution < 1.29 is 23.9 Å². The molecular formula is C22H22N2O5. The van der Waals surface area contributed by atoms with Gasteiger partial charge in [0.2, 0.25) is 11.7 Å². The quantitative estimate of drug-likeness (QED) is 0.811. The molecule has 0 saturated heterocycles. The van der Waals surface area contributed by atoms with E-state index in [1.165, 1.54) is 6.92 Å². The summed E-state index contributed by atoms with van der Waals surface area (Å²) >= 11 is 0. The second-order valence-electron chi connectivity index (χ2n) is 6.58. The fraction of sp³-hybridized carbons (Fsp3) is 0.273. The molecule has 0 bridgehead atoms. The van der Waals surface area contributed by atoms with Gasteiger partial charge >= 0.3 is 0 Å². The molecule has 0 heterocycles. The Balaban J connectivity index is 1.87. The normalized spacial score (nSPS) is 17.1. The molecule has 7 heteroatoms. The van der Waals surface area contributed by atoms with E-state index in [2.05, 4.69) is 10.3 Å². The number of Topliss-reactive ketones (excluding diaryl/α,β-unsaturated/α-hetero) is 2. The Morgan fingerprint density at radius 2 is 1.72 bits per heavy atom. The van der Waals surface area contributed by atoms with Gasteiger partial charge in [-0.25, -0.2) is 0 Å². The van der Waals surface area contributed by atoms with E-state index < -0.39 is 11.9 Å². The number of carbonyl (C=O) groups excluding carboxylic acids is 3. The number of nitrogens with one attached hydrogen (secondary N) is 1. The molecule has 1 aliphatic carbocycles. The number of hydrogen-bond donors (Lipinski definition) is 1. The van der Waals surface area contributed by atoms with Crippen LogP contribution in [0.4, 0.5) is 0 Å². The second kappa shape index (κ2) is 8.68. The highest BCUT2D eigenvalue weighted by Crippen LogP contribution is 2.27. The minimum absolute atomic E-state index is 0.0596. The molecule has 0 saturated carbocycles. The minimum atomic E-state index is -1.07. The van der Waals surface area contributed by atoms with Crippen molar-refractivity contribution in [2.24, 2.45) is 4.99 Å². The molecule has 3 rings (SSSR count). The molecule has 1 aliphatic rings. The zero-order chi connectivity index (χ0) is 21.0. The van der Waals surface area contributed by atoms with Gasteiger partial charge in [0.05, 0.1) is 14.2 Å². The molecule has 1 atom stereocenters. The van der Waals surface area contributed by atoms with Gasteiger partial charge in [-0.15, -0.1) is 0 Å². The highest BCUT2D eigenvalue weighted by atomic mass is 16.5. The van der Waals surface area contributed by atoms with Crippen LogP contribution in [0.3, 0.4) is 0 Å². The minimum Gasteiger partial charge on any atom is -0.493 e. The van der Waals surface area contributed by atoms with E-state index in [0.29, 0.717) is 29.0 Å². The Morgan fingerprint density at radius 3 is 2.38 bits per heavy atom. The highest BCUT2D eigenvalue weighted by molar-refractivity contribution is 6.55. The zero-order valence-corrected chi connectivity index (χ0v) is 16.5. The molecule has 7 nitrogen and oxygen atoms in total. The smallest absolute Gasteiger partial charge is 0.217 e. The van der Waals surface area contributed by atoms with E-state index in [1.54, 1.807) is 44.6 Å². The van der Waals surface area contributed by atoms with Crippen LogP contribution in [-0.2, 0) is 11.2 Å². The number of nitrogens with zero attached hydrogens (tertiary/aromatic N) is 1. The maximum Gasteiger partial charge on any atom is 0.217 e. The molecule has 2 aromatic carbocycles. The van der Waals surface area contributed by atoms with Crippen molar-refractivity contribution >= 4 is 23.2 Å². The Kier molecular flexibility index (Phi) is 6.07. The summed E-state index contributed by atoms with van der Waals surface area (Å²) in [4.78, 5) is 41.7. The lowest BCUT2D eigenvalue weighted by Gasteiger charge is -2.24. The van der Waals surface area contributed by atoms with Crippen molar-refractivity contribution in [2.45, 2.75) is 19.4 Å². The molecule has 0 aromatic heterocycles. The molecule has 0 fully saturated rings. The van der Waals surface area contributed by atoms with Crippen LogP contribution in [-0.4, -0.2) is 50.0 Å². The van der Waals surface area contributed by atoms with Gasteiger partial charge in [0.25, 0.3) is 0 Å². The molecule has 0 aliphatic heterocycles. The average molecular weight is 394 g/mol. The monoisotopic (exact) mass is 394 g/mol. The van der Waals surface area contributed by atoms with Gasteiger partial charge in [0.1, 0.15) is 11.8 Å². The van der Waals surface area contributed by atoms with Gasteiger partial charge in [-0.2, -0.15) is 0 Å². The summed E-state index contributed by atoms with van der Waals surface area (Å²) < 4.78 is 10.5. The van der Waals surface area contributed by atoms with Gasteiger partial charge < -0.3 is 14.8 Å². The first-order valence-corrected chi connectivity index (χ1v) is 9.16. The second-order valence-corrected chi connectivity index (χ2v) is 6.58. The third-order valence-corrected chi connectivity index (χ3v) is 4.68. The standard InChI is InChI=1S/C22H22N2O5/c1-13(25)24-20-19(21(26)15-6-4-5-7-16(15)22(20)27)23-11-10-14-8-9-17(28-2)18(12-14)29-3/h4-9,12,20H,10-11H2,1-3H3,(H,24,25)/t20-/m0/s1. The molecule has 1 amide bonds. The summed E-state index contributed by atoms with van der Waals surface area (Å²) in [6.07, 6.45) is 0.528. The molecule has 1 N–H and O–H groups in total. The average Bonchev–Trinajstić information content (AvgIpc) is 2.73. The number of aliphatic imine (C=N–C) groups is 1. The summed E-state index contributed by atoms with van der Waals surface area (Å²) in [6, 6.07) is 11.0. The predicted octanol–water partition coefficient (Wildman–Crippen LogP) is 2.27. The van der Waals surface area contributed by atoms with Gasteiger partial charge in [-0.3, -0.25) is 19.4 Å². The first-order valence-electron chi connectivity index (χ1n) is 9.16. The largest absolute Gasteiger partial charge is 0.493 e. The molecular weight excluding hydrogens is 372 g/mol. The van der Waals surface area contributed by atoms with E-state index in [0.717, 1.165) is 5.56 Å². The van der Waals surface area contributed by atoms with Crippen LogP contribution in [0.2, 0.25) is 0 Å². The van der Waals surface area contributed by atoms with E-state index in [-0.39, 0.29) is 23.8 Å². The SMILES string of the molecule is COc1ccc(CCN=C2C(=O)c3ccccc3C(=O)[C@H]2NC(C)=O)cc1OC. The maximum absolute atomic E-state index is 12.9. The number of carbonyl (C=O) groups is 3. The van der Waals surface area contributed by atoms with Gasteiger partial charge in [-0.1, -0.05) is 30.3 Å². The van der Waals surface area contributed by atoms with E-state index in [1.807, 2.05) is 12.1 Å². The summed E-state index contributed by atoms with van der Waals surface area (Å²) in [6.45, 7) is 1.58. The van der Waals surface area contributed by atoms with Crippen molar-refractivity contribution in [2.75, 3.05) is 20.8 Å². The van der Waals surface area contributed by atoms with Gasteiger partial charge in [0.15, 0.2) is 17.3 Å². The van der Waals surface area contributed by atoms with Crippen LogP contribution >= 0.6 is 0 Å². The first-order chi connectivity index (χ1) is 14.0. The fourth-order valence-corrected chi connectivity index (χ4v) is 3.29. The number of amides is 1. The first kappa shape index (κ1) is 20.3. The Morgan fingerprint density at radius 1 is 1.03 bits per heavy atom. The number of benzene rings is 2. The van der Waals surface area contributed by atoms with E-state index in [4.69, 9.17) is 9.47 Å². The number of hydrogen-bond acceptors (Lipinski definition) is 6. The number of rotatable bonds is 6. The molecule has 29 heavy (non-hydrogen) atoms. The third-order valence-electron chi connectivity index (χ3n) is 4.68. The van der Waals surface area contributed by atoms with Crippen molar-refractivity contribution in [3.8, 4) is 11.5 Å². The number of fused-ring (bicyclic) bond motifs is 1. The lowest BCUT2D eigenvalue weighted by atomic mass is 9.84.